The number of carboxylic acids is 1. The smallest absolute Gasteiger partial charge is 0.308 e. The highest BCUT2D eigenvalue weighted by molar-refractivity contribution is 5.96. The van der Waals surface area contributed by atoms with Crippen molar-refractivity contribution in [3.63, 3.8) is 0 Å². The van der Waals surface area contributed by atoms with E-state index in [1.54, 1.807) is 24.0 Å². The summed E-state index contributed by atoms with van der Waals surface area (Å²) in [6, 6.07) is 4.80. The molecule has 1 atom stereocenters. The molecule has 0 saturated carbocycles. The molecule has 2 rings (SSSR count). The van der Waals surface area contributed by atoms with Crippen molar-refractivity contribution in [2.75, 3.05) is 13.1 Å². The zero-order valence-corrected chi connectivity index (χ0v) is 10.8. The van der Waals surface area contributed by atoms with Gasteiger partial charge in [-0.3, -0.25) is 9.59 Å². The van der Waals surface area contributed by atoms with E-state index in [2.05, 4.69) is 0 Å². The Balaban J connectivity index is 2.19. The maximum absolute atomic E-state index is 12.4. The van der Waals surface area contributed by atoms with Crippen molar-refractivity contribution in [1.29, 1.82) is 0 Å². The van der Waals surface area contributed by atoms with E-state index in [-0.39, 0.29) is 18.2 Å². The van der Waals surface area contributed by atoms with Crippen molar-refractivity contribution in [3.8, 4) is 5.75 Å². The molecule has 1 aromatic carbocycles. The quantitative estimate of drug-likeness (QED) is 0.850. The standard InChI is InChI=1S/C14H17NO4/c1-9-11(5-2-6-12(9)16)13(17)15-7-3-4-10(8-15)14(18)19/h2,5-6,10,16H,3-4,7-8H2,1H3,(H,18,19). The number of likely N-dealkylation sites (tertiary alicyclic amines) is 1. The van der Waals surface area contributed by atoms with E-state index < -0.39 is 11.9 Å². The molecule has 0 spiro atoms. The van der Waals surface area contributed by atoms with Crippen LogP contribution in [0.25, 0.3) is 0 Å². The summed E-state index contributed by atoms with van der Waals surface area (Å²) in [6.07, 6.45) is 1.30. The first-order chi connectivity index (χ1) is 9.00. The van der Waals surface area contributed by atoms with Gasteiger partial charge in [0.2, 0.25) is 0 Å². The normalized spacial score (nSPS) is 19.2. The van der Waals surface area contributed by atoms with Crippen LogP contribution in [0.3, 0.4) is 0 Å². The molecule has 5 heteroatoms. The third-order valence-electron chi connectivity index (χ3n) is 3.59. The molecule has 1 aliphatic rings. The van der Waals surface area contributed by atoms with Crippen LogP contribution in [-0.4, -0.2) is 40.1 Å². The Kier molecular flexibility index (Phi) is 3.74. The second-order valence-corrected chi connectivity index (χ2v) is 4.88. The monoisotopic (exact) mass is 263 g/mol. The second-order valence-electron chi connectivity index (χ2n) is 4.88. The average molecular weight is 263 g/mol. The van der Waals surface area contributed by atoms with Crippen molar-refractivity contribution in [3.05, 3.63) is 29.3 Å². The number of aromatic hydroxyl groups is 1. The first kappa shape index (κ1) is 13.4. The zero-order chi connectivity index (χ0) is 14.0. The number of hydrogen-bond acceptors (Lipinski definition) is 3. The maximum atomic E-state index is 12.4. The summed E-state index contributed by atoms with van der Waals surface area (Å²) in [5.74, 6) is -1.47. The summed E-state index contributed by atoms with van der Waals surface area (Å²) in [6.45, 7) is 2.49. The van der Waals surface area contributed by atoms with Crippen molar-refractivity contribution in [1.82, 2.24) is 4.90 Å². The molecule has 1 saturated heterocycles. The number of phenolic OH excluding ortho intramolecular Hbond substituents is 1. The van der Waals surface area contributed by atoms with Crippen LogP contribution in [0.15, 0.2) is 18.2 Å². The van der Waals surface area contributed by atoms with Crippen molar-refractivity contribution in [2.24, 2.45) is 5.92 Å². The highest BCUT2D eigenvalue weighted by Crippen LogP contribution is 2.24. The van der Waals surface area contributed by atoms with E-state index in [0.717, 1.165) is 0 Å². The summed E-state index contributed by atoms with van der Waals surface area (Å²) in [5.41, 5.74) is 0.969. The first-order valence-electron chi connectivity index (χ1n) is 6.31. The maximum Gasteiger partial charge on any atom is 0.308 e. The van der Waals surface area contributed by atoms with Gasteiger partial charge in [0, 0.05) is 24.2 Å². The Morgan fingerprint density at radius 3 is 2.79 bits per heavy atom. The summed E-state index contributed by atoms with van der Waals surface area (Å²) < 4.78 is 0. The van der Waals surface area contributed by atoms with Crippen LogP contribution in [-0.2, 0) is 4.79 Å². The van der Waals surface area contributed by atoms with Crippen LogP contribution in [0.5, 0.6) is 5.75 Å². The minimum absolute atomic E-state index is 0.0812. The lowest BCUT2D eigenvalue weighted by Crippen LogP contribution is -2.42. The number of carboxylic acid groups (broad SMARTS) is 1. The molecule has 1 aromatic rings. The molecule has 1 unspecified atom stereocenters. The fourth-order valence-corrected chi connectivity index (χ4v) is 2.39. The molecule has 0 bridgehead atoms. The van der Waals surface area contributed by atoms with Gasteiger partial charge in [-0.25, -0.2) is 0 Å². The highest BCUT2D eigenvalue weighted by Gasteiger charge is 2.29. The van der Waals surface area contributed by atoms with Gasteiger partial charge >= 0.3 is 5.97 Å². The molecular formula is C14H17NO4. The average Bonchev–Trinajstić information content (AvgIpc) is 2.41. The third kappa shape index (κ3) is 2.70. The minimum Gasteiger partial charge on any atom is -0.508 e. The SMILES string of the molecule is Cc1c(O)cccc1C(=O)N1CCCC(C(=O)O)C1. The molecule has 0 aliphatic carbocycles. The Morgan fingerprint density at radius 2 is 2.11 bits per heavy atom. The van der Waals surface area contributed by atoms with Crippen LogP contribution in [0.1, 0.15) is 28.8 Å². The number of piperidine rings is 1. The summed E-state index contributed by atoms with van der Waals surface area (Å²) in [7, 11) is 0. The number of carbonyl (C=O) groups is 2. The first-order valence-corrected chi connectivity index (χ1v) is 6.31. The largest absolute Gasteiger partial charge is 0.508 e. The van der Waals surface area contributed by atoms with Gasteiger partial charge in [0.1, 0.15) is 5.75 Å². The molecule has 5 nitrogen and oxygen atoms in total. The lowest BCUT2D eigenvalue weighted by Gasteiger charge is -2.31. The number of aliphatic carboxylic acids is 1. The van der Waals surface area contributed by atoms with Gasteiger partial charge in [-0.15, -0.1) is 0 Å². The third-order valence-corrected chi connectivity index (χ3v) is 3.59. The zero-order valence-electron chi connectivity index (χ0n) is 10.8. The minimum atomic E-state index is -0.856. The van der Waals surface area contributed by atoms with Crippen molar-refractivity contribution >= 4 is 11.9 Å². The Bertz CT molecular complexity index is 512. The molecule has 19 heavy (non-hydrogen) atoms. The summed E-state index contributed by atoms with van der Waals surface area (Å²) >= 11 is 0. The highest BCUT2D eigenvalue weighted by atomic mass is 16.4. The lowest BCUT2D eigenvalue weighted by molar-refractivity contribution is -0.143. The molecule has 1 amide bonds. The van der Waals surface area contributed by atoms with Gasteiger partial charge in [-0.2, -0.15) is 0 Å². The van der Waals surface area contributed by atoms with Crippen LogP contribution in [0.4, 0.5) is 0 Å². The van der Waals surface area contributed by atoms with E-state index >= 15 is 0 Å². The number of nitrogens with zero attached hydrogens (tertiary/aromatic N) is 1. The van der Waals surface area contributed by atoms with Gasteiger partial charge in [-0.05, 0) is 31.9 Å². The van der Waals surface area contributed by atoms with Crippen LogP contribution >= 0.6 is 0 Å². The van der Waals surface area contributed by atoms with E-state index in [0.29, 0.717) is 30.5 Å². The molecular weight excluding hydrogens is 246 g/mol. The van der Waals surface area contributed by atoms with Gasteiger partial charge in [-0.1, -0.05) is 6.07 Å². The number of benzene rings is 1. The molecule has 1 aliphatic heterocycles. The van der Waals surface area contributed by atoms with E-state index in [9.17, 15) is 14.7 Å². The number of rotatable bonds is 2. The predicted octanol–water partition coefficient (Wildman–Crippen LogP) is 1.64. The Morgan fingerprint density at radius 1 is 1.37 bits per heavy atom. The lowest BCUT2D eigenvalue weighted by atomic mass is 9.97. The molecule has 0 aromatic heterocycles. The number of amides is 1. The van der Waals surface area contributed by atoms with E-state index in [1.807, 2.05) is 0 Å². The van der Waals surface area contributed by atoms with Gasteiger partial charge < -0.3 is 15.1 Å². The topological polar surface area (TPSA) is 77.8 Å². The predicted molar refractivity (Wildman–Crippen MR) is 69.1 cm³/mol. The molecule has 2 N–H and O–H groups in total. The summed E-state index contributed by atoms with van der Waals surface area (Å²) in [4.78, 5) is 24.9. The molecule has 0 radical (unpaired) electrons. The summed E-state index contributed by atoms with van der Waals surface area (Å²) in [5, 5.41) is 18.7. The number of hydrogen-bond donors (Lipinski definition) is 2. The molecule has 1 heterocycles. The van der Waals surface area contributed by atoms with Gasteiger partial charge in [0.15, 0.2) is 0 Å². The molecule has 102 valence electrons. The Labute approximate surface area is 111 Å². The fourth-order valence-electron chi connectivity index (χ4n) is 2.39. The fraction of sp³-hybridized carbons (Fsp3) is 0.429. The van der Waals surface area contributed by atoms with Gasteiger partial charge in [0.25, 0.3) is 5.91 Å². The van der Waals surface area contributed by atoms with E-state index in [1.165, 1.54) is 6.07 Å². The van der Waals surface area contributed by atoms with E-state index in [4.69, 9.17) is 5.11 Å². The van der Waals surface area contributed by atoms with Crippen LogP contribution in [0.2, 0.25) is 0 Å². The van der Waals surface area contributed by atoms with Crippen LogP contribution in [0, 0.1) is 12.8 Å². The van der Waals surface area contributed by atoms with Crippen LogP contribution < -0.4 is 0 Å². The van der Waals surface area contributed by atoms with Gasteiger partial charge in [0.05, 0.1) is 5.92 Å². The van der Waals surface area contributed by atoms with Crippen molar-refractivity contribution < 1.29 is 19.8 Å². The molecule has 1 fully saturated rings. The second kappa shape index (κ2) is 5.30. The Hall–Kier alpha value is -2.04. The number of carbonyl (C=O) groups excluding carboxylic acids is 1. The van der Waals surface area contributed by atoms with Crippen molar-refractivity contribution in [2.45, 2.75) is 19.8 Å². The number of phenols is 1.